The zero-order chi connectivity index (χ0) is 8.36. The van der Waals surface area contributed by atoms with Crippen LogP contribution in [0.4, 0.5) is 0 Å². The largest absolute Gasteiger partial charge is 0.494 e. The lowest BCUT2D eigenvalue weighted by Crippen LogP contribution is -1.69. The van der Waals surface area contributed by atoms with Crippen LogP contribution in [0.5, 0.6) is 0 Å². The molecule has 1 heterocycles. The predicted octanol–water partition coefficient (Wildman–Crippen LogP) is 2.88. The third-order valence-electron chi connectivity index (χ3n) is 0.685. The Balaban J connectivity index is 0.000000183. The molecule has 1 rings (SSSR count). The molecule has 0 aliphatic carbocycles. The van der Waals surface area contributed by atoms with Crippen LogP contribution in [0, 0.1) is 0 Å². The van der Waals surface area contributed by atoms with Gasteiger partial charge in [-0.1, -0.05) is 18.2 Å². The first-order valence-corrected chi connectivity index (χ1v) is 4.74. The number of rotatable bonds is 3. The van der Waals surface area contributed by atoms with Crippen LogP contribution in [0.15, 0.2) is 35.5 Å². The van der Waals surface area contributed by atoms with Crippen LogP contribution in [0.25, 0.3) is 0 Å². The number of hydrogen-bond donors (Lipinski definition) is 0. The Hall–Kier alpha value is -0.500. The molecule has 4 heteroatoms. The molecule has 0 aliphatic heterocycles. The normalized spacial score (nSPS) is 8.36. The van der Waals surface area contributed by atoms with Gasteiger partial charge in [-0.2, -0.15) is 11.3 Å². The second kappa shape index (κ2) is 9.50. The molecule has 0 aliphatic rings. The summed E-state index contributed by atoms with van der Waals surface area (Å²) in [5, 5.41) is 4.08. The summed E-state index contributed by atoms with van der Waals surface area (Å²) in [6.45, 7) is 3.72. The average molecular weight is 189 g/mol. The van der Waals surface area contributed by atoms with E-state index >= 15 is 0 Å². The van der Waals surface area contributed by atoms with Crippen molar-refractivity contribution >= 4 is 20.0 Å². The number of hydrogen-bond acceptors (Lipinski definition) is 3. The van der Waals surface area contributed by atoms with Crippen LogP contribution < -0.4 is 0 Å². The van der Waals surface area contributed by atoms with Gasteiger partial charge < -0.3 is 0 Å². The molecule has 0 amide bonds. The van der Waals surface area contributed by atoms with E-state index in [0.29, 0.717) is 6.61 Å². The lowest BCUT2D eigenvalue weighted by molar-refractivity contribution is 0.387. The molecular formula is C7H10O2PS+. The van der Waals surface area contributed by atoms with Crippen molar-refractivity contribution in [3.8, 4) is 0 Å². The van der Waals surface area contributed by atoms with Gasteiger partial charge in [-0.3, -0.25) is 0 Å². The molecule has 0 radical (unpaired) electrons. The van der Waals surface area contributed by atoms with E-state index < -0.39 is 8.69 Å². The van der Waals surface area contributed by atoms with Crippen LogP contribution >= 0.6 is 20.0 Å². The molecule has 1 unspecified atom stereocenters. The maximum atomic E-state index is 9.45. The summed E-state index contributed by atoms with van der Waals surface area (Å²) in [4.78, 5) is 0. The van der Waals surface area contributed by atoms with Gasteiger partial charge in [0.05, 0.1) is 0 Å². The van der Waals surface area contributed by atoms with Gasteiger partial charge in [0.15, 0.2) is 0 Å². The highest BCUT2D eigenvalue weighted by atomic mass is 32.1. The zero-order valence-electron chi connectivity index (χ0n) is 6.03. The molecule has 2 nitrogen and oxygen atoms in total. The summed E-state index contributed by atoms with van der Waals surface area (Å²) < 4.78 is 13.8. The minimum absolute atomic E-state index is 0.377. The Labute approximate surface area is 71.8 Å². The smallest absolute Gasteiger partial charge is 0.152 e. The third-order valence-corrected chi connectivity index (χ3v) is 1.60. The fourth-order valence-electron chi connectivity index (χ4n) is 0.320. The molecule has 1 aromatic heterocycles. The SMILES string of the molecule is C=CCO[PH+]=O.c1ccsc1. The van der Waals surface area contributed by atoms with E-state index in [0.717, 1.165) is 0 Å². The first-order chi connectivity index (χ1) is 5.41. The zero-order valence-corrected chi connectivity index (χ0v) is 7.84. The van der Waals surface area contributed by atoms with E-state index in [4.69, 9.17) is 0 Å². The van der Waals surface area contributed by atoms with Crippen molar-refractivity contribution in [2.45, 2.75) is 0 Å². The molecule has 0 spiro atoms. The molecule has 60 valence electrons. The number of thiophene rings is 1. The maximum absolute atomic E-state index is 9.45. The fraction of sp³-hybridized carbons (Fsp3) is 0.143. The molecule has 0 fully saturated rings. The minimum Gasteiger partial charge on any atom is -0.152 e. The van der Waals surface area contributed by atoms with Crippen molar-refractivity contribution in [2.24, 2.45) is 0 Å². The maximum Gasteiger partial charge on any atom is 0.494 e. The van der Waals surface area contributed by atoms with Gasteiger partial charge in [0, 0.05) is 0 Å². The molecule has 0 saturated carbocycles. The molecule has 1 aromatic rings. The summed E-state index contributed by atoms with van der Waals surface area (Å²) in [6.07, 6.45) is 1.55. The first kappa shape index (κ1) is 10.5. The quantitative estimate of drug-likeness (QED) is 0.415. The molecule has 0 bridgehead atoms. The molecular weight excluding hydrogens is 179 g/mol. The van der Waals surface area contributed by atoms with E-state index in [1.165, 1.54) is 0 Å². The van der Waals surface area contributed by atoms with Crippen molar-refractivity contribution in [2.75, 3.05) is 6.61 Å². The lowest BCUT2D eigenvalue weighted by Gasteiger charge is -1.67. The molecule has 0 saturated heterocycles. The summed E-state index contributed by atoms with van der Waals surface area (Å²) >= 11 is 1.71. The summed E-state index contributed by atoms with van der Waals surface area (Å²) in [5.74, 6) is 0. The van der Waals surface area contributed by atoms with Crippen LogP contribution in [-0.2, 0) is 9.09 Å². The van der Waals surface area contributed by atoms with Crippen molar-refractivity contribution in [3.63, 3.8) is 0 Å². The Morgan fingerprint density at radius 2 is 2.18 bits per heavy atom. The van der Waals surface area contributed by atoms with Crippen molar-refractivity contribution in [1.29, 1.82) is 0 Å². The van der Waals surface area contributed by atoms with E-state index in [2.05, 4.69) is 11.1 Å². The molecule has 1 atom stereocenters. The van der Waals surface area contributed by atoms with Crippen LogP contribution in [0.3, 0.4) is 0 Å². The van der Waals surface area contributed by atoms with E-state index in [9.17, 15) is 4.57 Å². The van der Waals surface area contributed by atoms with Crippen LogP contribution in [0.2, 0.25) is 0 Å². The van der Waals surface area contributed by atoms with Gasteiger partial charge in [-0.25, -0.2) is 0 Å². The fourth-order valence-corrected chi connectivity index (χ4v) is 0.959. The highest BCUT2D eigenvalue weighted by molar-refractivity contribution is 7.17. The minimum atomic E-state index is -0.657. The van der Waals surface area contributed by atoms with Gasteiger partial charge in [-0.15, -0.1) is 11.1 Å². The van der Waals surface area contributed by atoms with E-state index in [-0.39, 0.29) is 0 Å². The highest BCUT2D eigenvalue weighted by Gasteiger charge is 1.79. The van der Waals surface area contributed by atoms with Crippen molar-refractivity contribution < 1.29 is 9.09 Å². The van der Waals surface area contributed by atoms with E-state index in [1.807, 2.05) is 22.9 Å². The molecule has 0 N–H and O–H groups in total. The van der Waals surface area contributed by atoms with Gasteiger partial charge in [0.2, 0.25) is 0 Å². The highest BCUT2D eigenvalue weighted by Crippen LogP contribution is 1.91. The summed E-state index contributed by atoms with van der Waals surface area (Å²) in [5.41, 5.74) is 0. The van der Waals surface area contributed by atoms with Gasteiger partial charge >= 0.3 is 8.69 Å². The average Bonchev–Trinajstić information content (AvgIpc) is 2.57. The summed E-state index contributed by atoms with van der Waals surface area (Å²) in [6, 6.07) is 4.04. The topological polar surface area (TPSA) is 26.3 Å². The Morgan fingerprint density at radius 3 is 2.36 bits per heavy atom. The van der Waals surface area contributed by atoms with Crippen molar-refractivity contribution in [3.05, 3.63) is 35.5 Å². The second-order valence-corrected chi connectivity index (χ2v) is 2.75. The van der Waals surface area contributed by atoms with Crippen LogP contribution in [0.1, 0.15) is 0 Å². The first-order valence-electron chi connectivity index (χ1n) is 2.98. The molecule has 11 heavy (non-hydrogen) atoms. The lowest BCUT2D eigenvalue weighted by atomic mass is 10.7. The Morgan fingerprint density at radius 1 is 1.55 bits per heavy atom. The van der Waals surface area contributed by atoms with E-state index in [1.54, 1.807) is 17.4 Å². The summed E-state index contributed by atoms with van der Waals surface area (Å²) in [7, 11) is -0.657. The second-order valence-electron chi connectivity index (χ2n) is 1.48. The van der Waals surface area contributed by atoms with Gasteiger partial charge in [-0.05, 0) is 15.3 Å². The standard InChI is InChI=1S/C4H4S.C3H6O2P/c1-2-4-5-3-1;1-2-3-5-6-4/h1-4H;2,6H,1,3H2/q;+1. The van der Waals surface area contributed by atoms with Gasteiger partial charge in [0.1, 0.15) is 6.61 Å². The monoisotopic (exact) mass is 189 g/mol. The third kappa shape index (κ3) is 9.50. The van der Waals surface area contributed by atoms with Crippen molar-refractivity contribution in [1.82, 2.24) is 0 Å². The Bertz CT molecular complexity index is 149. The van der Waals surface area contributed by atoms with Gasteiger partial charge in [0.25, 0.3) is 0 Å². The van der Waals surface area contributed by atoms with Crippen LogP contribution in [-0.4, -0.2) is 6.61 Å². The predicted molar refractivity (Wildman–Crippen MR) is 49.5 cm³/mol. The Kier molecular flexibility index (Phi) is 9.07. The molecule has 0 aromatic carbocycles.